The number of amides is 2. The van der Waals surface area contributed by atoms with Gasteiger partial charge in [0.2, 0.25) is 11.8 Å². The molecular weight excluding hydrogens is 309 g/mol. The Morgan fingerprint density at radius 2 is 1.92 bits per heavy atom. The summed E-state index contributed by atoms with van der Waals surface area (Å²) in [5, 5.41) is 6.54. The average Bonchev–Trinajstić information content (AvgIpc) is 2.88. The minimum absolute atomic E-state index is 0.0682. The molecule has 2 rings (SSSR count). The lowest BCUT2D eigenvalue weighted by Crippen LogP contribution is -2.37. The molecule has 1 aromatic carbocycles. The molecule has 130 valence electrons. The van der Waals surface area contributed by atoms with Crippen LogP contribution in [0.3, 0.4) is 0 Å². The van der Waals surface area contributed by atoms with Crippen molar-refractivity contribution in [3.8, 4) is 0 Å². The van der Waals surface area contributed by atoms with Gasteiger partial charge >= 0.3 is 0 Å². The van der Waals surface area contributed by atoms with Crippen LogP contribution in [0.4, 0.5) is 4.39 Å². The van der Waals surface area contributed by atoms with Crippen molar-refractivity contribution in [3.05, 3.63) is 35.8 Å². The molecule has 2 aromatic rings. The maximum Gasteiger partial charge on any atom is 0.225 e. The number of nitrogens with one attached hydrogen (secondary N) is 3. The summed E-state index contributed by atoms with van der Waals surface area (Å²) in [6.45, 7) is 6.31. The van der Waals surface area contributed by atoms with Gasteiger partial charge in [0, 0.05) is 42.0 Å². The van der Waals surface area contributed by atoms with Gasteiger partial charge in [-0.05, 0) is 30.2 Å². The highest BCUT2D eigenvalue weighted by Gasteiger charge is 2.20. The van der Waals surface area contributed by atoms with Crippen LogP contribution in [0.2, 0.25) is 0 Å². The number of carbonyl (C=O) groups excluding carboxylic acids is 2. The fraction of sp³-hybridized carbons (Fsp3) is 0.444. The Kier molecular flexibility index (Phi) is 5.59. The van der Waals surface area contributed by atoms with Crippen molar-refractivity contribution >= 4 is 22.7 Å². The first-order valence-corrected chi connectivity index (χ1v) is 8.08. The summed E-state index contributed by atoms with van der Waals surface area (Å²) < 4.78 is 13.1. The van der Waals surface area contributed by atoms with E-state index in [1.165, 1.54) is 12.1 Å². The SMILES string of the molecule is CC(C)(C)C(=O)NCCC(=O)NCCc1c[nH]c2cc(F)ccc12. The normalized spacial score (nSPS) is 11.5. The third kappa shape index (κ3) is 4.81. The van der Waals surface area contributed by atoms with Crippen LogP contribution < -0.4 is 10.6 Å². The van der Waals surface area contributed by atoms with Crippen LogP contribution in [0.25, 0.3) is 10.9 Å². The minimum Gasteiger partial charge on any atom is -0.361 e. The van der Waals surface area contributed by atoms with Crippen molar-refractivity contribution in [3.63, 3.8) is 0 Å². The lowest BCUT2D eigenvalue weighted by atomic mass is 9.96. The first-order chi connectivity index (χ1) is 11.3. The van der Waals surface area contributed by atoms with Crippen LogP contribution in [0.15, 0.2) is 24.4 Å². The van der Waals surface area contributed by atoms with Crippen molar-refractivity contribution in [2.24, 2.45) is 5.41 Å². The van der Waals surface area contributed by atoms with Gasteiger partial charge in [0.1, 0.15) is 5.82 Å². The highest BCUT2D eigenvalue weighted by molar-refractivity contribution is 5.84. The zero-order chi connectivity index (χ0) is 17.7. The molecular formula is C18H24FN3O2. The number of halogens is 1. The largest absolute Gasteiger partial charge is 0.361 e. The molecule has 0 spiro atoms. The fourth-order valence-electron chi connectivity index (χ4n) is 2.35. The van der Waals surface area contributed by atoms with Crippen LogP contribution in [0.1, 0.15) is 32.8 Å². The number of hydrogen-bond acceptors (Lipinski definition) is 2. The van der Waals surface area contributed by atoms with Crippen molar-refractivity contribution in [1.82, 2.24) is 15.6 Å². The van der Waals surface area contributed by atoms with Gasteiger partial charge in [-0.25, -0.2) is 4.39 Å². The summed E-state index contributed by atoms with van der Waals surface area (Å²) in [5.74, 6) is -0.446. The Bertz CT molecular complexity index is 731. The second-order valence-corrected chi connectivity index (χ2v) is 6.86. The molecule has 0 saturated carbocycles. The van der Waals surface area contributed by atoms with Crippen molar-refractivity contribution < 1.29 is 14.0 Å². The highest BCUT2D eigenvalue weighted by Crippen LogP contribution is 2.19. The Balaban J connectivity index is 1.73. The molecule has 1 heterocycles. The standard InChI is InChI=1S/C18H24FN3O2/c1-18(2,3)17(24)21-9-7-16(23)20-8-6-12-11-22-15-10-13(19)4-5-14(12)15/h4-5,10-11,22H,6-9H2,1-3H3,(H,20,23)(H,21,24). The number of benzene rings is 1. The zero-order valence-corrected chi connectivity index (χ0v) is 14.3. The van der Waals surface area contributed by atoms with Gasteiger partial charge in [0.25, 0.3) is 0 Å². The number of fused-ring (bicyclic) bond motifs is 1. The summed E-state index contributed by atoms with van der Waals surface area (Å²) >= 11 is 0. The summed E-state index contributed by atoms with van der Waals surface area (Å²) in [5.41, 5.74) is 1.33. The van der Waals surface area contributed by atoms with E-state index in [4.69, 9.17) is 0 Å². The molecule has 0 aliphatic carbocycles. The van der Waals surface area contributed by atoms with E-state index in [-0.39, 0.29) is 24.1 Å². The Hall–Kier alpha value is -2.37. The fourth-order valence-corrected chi connectivity index (χ4v) is 2.35. The third-order valence-corrected chi connectivity index (χ3v) is 3.76. The van der Waals surface area contributed by atoms with E-state index in [1.807, 2.05) is 27.0 Å². The first kappa shape index (κ1) is 18.0. The van der Waals surface area contributed by atoms with E-state index in [0.29, 0.717) is 19.5 Å². The van der Waals surface area contributed by atoms with Crippen molar-refractivity contribution in [1.29, 1.82) is 0 Å². The van der Waals surface area contributed by atoms with Crippen LogP contribution in [-0.2, 0) is 16.0 Å². The van der Waals surface area contributed by atoms with E-state index in [2.05, 4.69) is 15.6 Å². The van der Waals surface area contributed by atoms with Crippen LogP contribution in [0, 0.1) is 11.2 Å². The van der Waals surface area contributed by atoms with Gasteiger partial charge in [-0.2, -0.15) is 0 Å². The highest BCUT2D eigenvalue weighted by atomic mass is 19.1. The zero-order valence-electron chi connectivity index (χ0n) is 14.3. The lowest BCUT2D eigenvalue weighted by molar-refractivity contribution is -0.128. The molecule has 2 amide bonds. The monoisotopic (exact) mass is 333 g/mol. The Morgan fingerprint density at radius 1 is 1.17 bits per heavy atom. The quantitative estimate of drug-likeness (QED) is 0.760. The number of H-pyrrole nitrogens is 1. The van der Waals surface area contributed by atoms with Crippen molar-refractivity contribution in [2.75, 3.05) is 13.1 Å². The second kappa shape index (κ2) is 7.47. The molecule has 6 heteroatoms. The van der Waals surface area contributed by atoms with Crippen LogP contribution >= 0.6 is 0 Å². The molecule has 0 radical (unpaired) electrons. The van der Waals surface area contributed by atoms with Gasteiger partial charge in [-0.3, -0.25) is 9.59 Å². The van der Waals surface area contributed by atoms with Gasteiger partial charge < -0.3 is 15.6 Å². The third-order valence-electron chi connectivity index (χ3n) is 3.76. The molecule has 0 aliphatic heterocycles. The predicted octanol–water partition coefficient (Wildman–Crippen LogP) is 2.52. The summed E-state index contributed by atoms with van der Waals surface area (Å²) in [6, 6.07) is 4.62. The number of carbonyl (C=O) groups is 2. The molecule has 0 atom stereocenters. The number of hydrogen-bond donors (Lipinski definition) is 3. The van der Waals surface area contributed by atoms with E-state index in [0.717, 1.165) is 16.5 Å². The molecule has 1 aromatic heterocycles. The molecule has 0 fully saturated rings. The topological polar surface area (TPSA) is 74.0 Å². The van der Waals surface area contributed by atoms with E-state index in [9.17, 15) is 14.0 Å². The molecule has 5 nitrogen and oxygen atoms in total. The number of aromatic amines is 1. The van der Waals surface area contributed by atoms with E-state index >= 15 is 0 Å². The summed E-state index contributed by atoms with van der Waals surface area (Å²) in [4.78, 5) is 26.5. The second-order valence-electron chi connectivity index (χ2n) is 6.86. The number of aromatic nitrogens is 1. The molecule has 0 saturated heterocycles. The van der Waals surface area contributed by atoms with Crippen molar-refractivity contribution in [2.45, 2.75) is 33.6 Å². The lowest BCUT2D eigenvalue weighted by Gasteiger charge is -2.17. The van der Waals surface area contributed by atoms with Gasteiger partial charge in [0.05, 0.1) is 0 Å². The number of rotatable bonds is 6. The first-order valence-electron chi connectivity index (χ1n) is 8.08. The van der Waals surface area contributed by atoms with Gasteiger partial charge in [0.15, 0.2) is 0 Å². The molecule has 0 aliphatic rings. The summed E-state index contributed by atoms with van der Waals surface area (Å²) in [6.07, 6.45) is 2.74. The maximum absolute atomic E-state index is 13.1. The van der Waals surface area contributed by atoms with Crippen LogP contribution in [-0.4, -0.2) is 29.9 Å². The molecule has 3 N–H and O–H groups in total. The molecule has 24 heavy (non-hydrogen) atoms. The summed E-state index contributed by atoms with van der Waals surface area (Å²) in [7, 11) is 0. The smallest absolute Gasteiger partial charge is 0.225 e. The predicted molar refractivity (Wildman–Crippen MR) is 92.1 cm³/mol. The minimum atomic E-state index is -0.453. The molecule has 0 bridgehead atoms. The maximum atomic E-state index is 13.1. The molecule has 0 unspecified atom stereocenters. The van der Waals surface area contributed by atoms with Gasteiger partial charge in [-0.15, -0.1) is 0 Å². The van der Waals surface area contributed by atoms with Gasteiger partial charge in [-0.1, -0.05) is 20.8 Å². The van der Waals surface area contributed by atoms with E-state index in [1.54, 1.807) is 6.07 Å². The van der Waals surface area contributed by atoms with E-state index < -0.39 is 5.41 Å². The average molecular weight is 333 g/mol. The van der Waals surface area contributed by atoms with Crippen LogP contribution in [0.5, 0.6) is 0 Å². The Labute approximate surface area is 141 Å². The Morgan fingerprint density at radius 3 is 2.62 bits per heavy atom.